The largest absolute Gasteiger partial charge is 0.461 e. The molecule has 3 rings (SSSR count). The Hall–Kier alpha value is -2.41. The van der Waals surface area contributed by atoms with Gasteiger partial charge in [-0.15, -0.1) is 0 Å². The molecule has 0 saturated carbocycles. The Labute approximate surface area is 137 Å². The number of hydrazone groups is 1. The highest BCUT2D eigenvalue weighted by Gasteiger charge is 2.55. The highest BCUT2D eigenvalue weighted by Crippen LogP contribution is 2.32. The van der Waals surface area contributed by atoms with Crippen molar-refractivity contribution in [3.8, 4) is 0 Å². The molecule has 8 heteroatoms. The van der Waals surface area contributed by atoms with Gasteiger partial charge in [0, 0.05) is 5.02 Å². The van der Waals surface area contributed by atoms with Crippen LogP contribution in [0, 0.1) is 12.8 Å². The van der Waals surface area contributed by atoms with Gasteiger partial charge in [0.15, 0.2) is 5.71 Å². The third kappa shape index (κ3) is 2.37. The second-order valence-corrected chi connectivity index (χ2v) is 5.65. The predicted molar refractivity (Wildman–Crippen MR) is 83.2 cm³/mol. The third-order valence-electron chi connectivity index (χ3n) is 3.82. The molecule has 1 saturated heterocycles. The summed E-state index contributed by atoms with van der Waals surface area (Å²) < 4.78 is 4.88. The van der Waals surface area contributed by atoms with Crippen LogP contribution in [0.1, 0.15) is 12.5 Å². The van der Waals surface area contributed by atoms with Crippen molar-refractivity contribution in [1.82, 2.24) is 5.43 Å². The van der Waals surface area contributed by atoms with E-state index in [0.717, 1.165) is 10.5 Å². The molecule has 2 heterocycles. The Morgan fingerprint density at radius 3 is 2.78 bits per heavy atom. The van der Waals surface area contributed by atoms with Gasteiger partial charge in [-0.1, -0.05) is 17.7 Å². The first-order chi connectivity index (χ1) is 11.0. The molecule has 2 aliphatic rings. The highest BCUT2D eigenvalue weighted by atomic mass is 35.5. The van der Waals surface area contributed by atoms with Crippen LogP contribution < -0.4 is 10.3 Å². The number of rotatable bonds is 3. The van der Waals surface area contributed by atoms with Crippen LogP contribution in [0.5, 0.6) is 0 Å². The van der Waals surface area contributed by atoms with Crippen molar-refractivity contribution in [1.29, 1.82) is 0 Å². The minimum atomic E-state index is -0.971. The molecule has 1 fully saturated rings. The monoisotopic (exact) mass is 335 g/mol. The van der Waals surface area contributed by atoms with E-state index in [1.165, 1.54) is 0 Å². The van der Waals surface area contributed by atoms with E-state index in [2.05, 4.69) is 10.5 Å². The molecule has 0 aliphatic carbocycles. The van der Waals surface area contributed by atoms with Gasteiger partial charge in [0.25, 0.3) is 5.91 Å². The van der Waals surface area contributed by atoms with Crippen molar-refractivity contribution in [3.05, 3.63) is 28.8 Å². The van der Waals surface area contributed by atoms with E-state index in [1.807, 2.05) is 6.92 Å². The second kappa shape index (κ2) is 5.66. The predicted octanol–water partition coefficient (Wildman–Crippen LogP) is 1.03. The summed E-state index contributed by atoms with van der Waals surface area (Å²) in [4.78, 5) is 38.1. The Morgan fingerprint density at radius 1 is 1.39 bits per heavy atom. The number of halogens is 1. The molecule has 0 spiro atoms. The van der Waals surface area contributed by atoms with Crippen molar-refractivity contribution >= 4 is 40.8 Å². The molecule has 0 bridgehead atoms. The lowest BCUT2D eigenvalue weighted by atomic mass is 9.99. The molecule has 1 aromatic carbocycles. The molecule has 23 heavy (non-hydrogen) atoms. The number of carbonyl (C=O) groups excluding carboxylic acids is 3. The van der Waals surface area contributed by atoms with E-state index < -0.39 is 29.7 Å². The van der Waals surface area contributed by atoms with Crippen LogP contribution in [0.15, 0.2) is 23.3 Å². The number of ether oxygens (including phenoxy) is 1. The number of benzene rings is 1. The first-order valence-corrected chi connectivity index (χ1v) is 7.47. The smallest absolute Gasteiger partial charge is 0.355 e. The number of esters is 1. The fraction of sp³-hybridized carbons (Fsp3) is 0.333. The summed E-state index contributed by atoms with van der Waals surface area (Å²) in [6.07, 6.45) is 0. The number of nitrogens with zero attached hydrogens (tertiary/aromatic N) is 2. The summed E-state index contributed by atoms with van der Waals surface area (Å²) in [5, 5.41) is 4.25. The molecule has 7 nitrogen and oxygen atoms in total. The van der Waals surface area contributed by atoms with Gasteiger partial charge in [-0.25, -0.2) is 9.69 Å². The third-order valence-corrected chi connectivity index (χ3v) is 4.23. The average molecular weight is 336 g/mol. The topological polar surface area (TPSA) is 88.1 Å². The van der Waals surface area contributed by atoms with Crippen molar-refractivity contribution < 1.29 is 19.1 Å². The molecular weight excluding hydrogens is 322 g/mol. The summed E-state index contributed by atoms with van der Waals surface area (Å²) in [7, 11) is 0. The standard InChI is InChI=1S/C15H14ClN3O4/c1-3-23-15(22)12-10-11(17-18-12)14(21)19(13(10)20)8-5-4-7(2)9(16)6-8/h4-6,10-11,17H,3H2,1-2H3/t10-,11-/m0/s1. The lowest BCUT2D eigenvalue weighted by Gasteiger charge is -2.16. The molecule has 0 aromatic heterocycles. The summed E-state index contributed by atoms with van der Waals surface area (Å²) >= 11 is 6.07. The SMILES string of the molecule is CCOC(=O)C1=NN[C@@H]2C(=O)N(c3ccc(C)c(Cl)c3)C(=O)[C@H]12. The minimum absolute atomic E-state index is 0.0732. The van der Waals surface area contributed by atoms with Crippen LogP contribution in [0.25, 0.3) is 0 Å². The summed E-state index contributed by atoms with van der Waals surface area (Å²) in [6.45, 7) is 3.64. The molecule has 1 N–H and O–H groups in total. The van der Waals surface area contributed by atoms with Crippen LogP contribution >= 0.6 is 11.6 Å². The van der Waals surface area contributed by atoms with Gasteiger partial charge in [-0.2, -0.15) is 5.10 Å². The quantitative estimate of drug-likeness (QED) is 0.658. The van der Waals surface area contributed by atoms with E-state index in [4.69, 9.17) is 16.3 Å². The molecular formula is C15H14ClN3O4. The average Bonchev–Trinajstić information content (AvgIpc) is 3.04. The lowest BCUT2D eigenvalue weighted by molar-refractivity contribution is -0.136. The molecule has 2 amide bonds. The van der Waals surface area contributed by atoms with Crippen LogP contribution in [-0.2, 0) is 19.1 Å². The fourth-order valence-corrected chi connectivity index (χ4v) is 2.81. The lowest BCUT2D eigenvalue weighted by Crippen LogP contribution is -2.36. The number of amides is 2. The fourth-order valence-electron chi connectivity index (χ4n) is 2.64. The summed E-state index contributed by atoms with van der Waals surface area (Å²) in [5.41, 5.74) is 3.69. The highest BCUT2D eigenvalue weighted by molar-refractivity contribution is 6.46. The Morgan fingerprint density at radius 2 is 2.13 bits per heavy atom. The van der Waals surface area contributed by atoms with Gasteiger partial charge in [0.1, 0.15) is 12.0 Å². The van der Waals surface area contributed by atoms with Gasteiger partial charge in [0.05, 0.1) is 12.3 Å². The van der Waals surface area contributed by atoms with Crippen LogP contribution in [0.3, 0.4) is 0 Å². The Balaban J connectivity index is 1.93. The van der Waals surface area contributed by atoms with Crippen molar-refractivity contribution in [2.24, 2.45) is 11.0 Å². The van der Waals surface area contributed by atoms with Gasteiger partial charge >= 0.3 is 5.97 Å². The van der Waals surface area contributed by atoms with Gasteiger partial charge in [-0.3, -0.25) is 15.0 Å². The van der Waals surface area contributed by atoms with E-state index in [0.29, 0.717) is 10.7 Å². The van der Waals surface area contributed by atoms with Crippen molar-refractivity contribution in [2.75, 3.05) is 11.5 Å². The van der Waals surface area contributed by atoms with Crippen LogP contribution in [-0.4, -0.2) is 36.1 Å². The number of hydrogen-bond donors (Lipinski definition) is 1. The number of fused-ring (bicyclic) bond motifs is 1. The van der Waals surface area contributed by atoms with Gasteiger partial charge in [-0.05, 0) is 31.5 Å². The van der Waals surface area contributed by atoms with E-state index in [-0.39, 0.29) is 12.3 Å². The molecule has 0 radical (unpaired) electrons. The second-order valence-electron chi connectivity index (χ2n) is 5.25. The summed E-state index contributed by atoms with van der Waals surface area (Å²) in [5.74, 6) is -2.65. The maximum Gasteiger partial charge on any atom is 0.355 e. The molecule has 2 aliphatic heterocycles. The molecule has 2 atom stereocenters. The van der Waals surface area contributed by atoms with Gasteiger partial charge < -0.3 is 4.74 Å². The Bertz CT molecular complexity index is 746. The molecule has 0 unspecified atom stereocenters. The number of nitrogens with one attached hydrogen (secondary N) is 1. The molecule has 120 valence electrons. The maximum atomic E-state index is 12.6. The van der Waals surface area contributed by atoms with E-state index >= 15 is 0 Å². The number of carbonyl (C=O) groups is 3. The first-order valence-electron chi connectivity index (χ1n) is 7.10. The number of aryl methyl sites for hydroxylation is 1. The minimum Gasteiger partial charge on any atom is -0.461 e. The van der Waals surface area contributed by atoms with Crippen LogP contribution in [0.2, 0.25) is 5.02 Å². The van der Waals surface area contributed by atoms with Crippen molar-refractivity contribution in [2.45, 2.75) is 19.9 Å². The maximum absolute atomic E-state index is 12.6. The zero-order valence-electron chi connectivity index (χ0n) is 12.5. The zero-order chi connectivity index (χ0) is 16.7. The zero-order valence-corrected chi connectivity index (χ0v) is 13.3. The van der Waals surface area contributed by atoms with Crippen molar-refractivity contribution in [3.63, 3.8) is 0 Å². The summed E-state index contributed by atoms with van der Waals surface area (Å²) in [6, 6.07) is 4.02. The van der Waals surface area contributed by atoms with Crippen LogP contribution in [0.4, 0.5) is 5.69 Å². The number of imide groups is 1. The Kier molecular flexibility index (Phi) is 3.81. The number of hydrogen-bond acceptors (Lipinski definition) is 6. The number of anilines is 1. The van der Waals surface area contributed by atoms with E-state index in [1.54, 1.807) is 25.1 Å². The molecule has 1 aromatic rings. The van der Waals surface area contributed by atoms with Gasteiger partial charge in [0.2, 0.25) is 5.91 Å². The normalized spacial score (nSPS) is 22.7. The van der Waals surface area contributed by atoms with E-state index in [9.17, 15) is 14.4 Å². The first kappa shape index (κ1) is 15.5.